The van der Waals surface area contributed by atoms with Gasteiger partial charge < -0.3 is 18.7 Å². The Morgan fingerprint density at radius 1 is 0.729 bits per heavy atom. The summed E-state index contributed by atoms with van der Waals surface area (Å²) in [5, 5.41) is 20.6. The zero-order valence-electron chi connectivity index (χ0n) is 32.7. The van der Waals surface area contributed by atoms with Crippen LogP contribution in [-0.4, -0.2) is 46.6 Å². The summed E-state index contributed by atoms with van der Waals surface area (Å²) >= 11 is 0. The summed E-state index contributed by atoms with van der Waals surface area (Å²) in [5.74, 6) is 1.24. The highest BCUT2D eigenvalue weighted by Gasteiger charge is 2.19. The molecule has 1 aliphatic heterocycles. The minimum Gasteiger partial charge on any atom is -0.507 e. The highest BCUT2D eigenvalue weighted by Crippen LogP contribution is 2.31. The standard InChI is InChI=1S/C46H45N7O6/c54-36-15-18-40-43(25-36)58-44-26-37(16-19-41(44)49-40)57-23-11-5-3-1-2-4-6-14-35-30-53(51-50-35)27-32-24-45(56)59-46-38(32)17-20-42(55)39(46)31-52(28-33-12-7-9-21-47-33)29-34-13-8-10-22-48-34/h7-10,12-13,15-22,24-26,30,55H,1-6,11,14,23,27-29,31H2. The van der Waals surface area contributed by atoms with Crippen LogP contribution in [0, 0.1) is 0 Å². The lowest BCUT2D eigenvalue weighted by atomic mass is 10.0. The van der Waals surface area contributed by atoms with E-state index in [0.717, 1.165) is 90.7 Å². The number of benzene rings is 3. The molecule has 0 fully saturated rings. The molecule has 1 aliphatic carbocycles. The summed E-state index contributed by atoms with van der Waals surface area (Å²) < 4.78 is 19.4. The summed E-state index contributed by atoms with van der Waals surface area (Å²) in [6, 6.07) is 26.7. The van der Waals surface area contributed by atoms with Gasteiger partial charge in [-0.2, -0.15) is 0 Å². The van der Waals surface area contributed by atoms with Gasteiger partial charge >= 0.3 is 5.63 Å². The fraction of sp³-hybridized carbons (Fsp3) is 0.283. The predicted octanol–water partition coefficient (Wildman–Crippen LogP) is 8.09. The number of ether oxygens (including phenoxy) is 1. The molecule has 0 amide bonds. The Kier molecular flexibility index (Phi) is 12.4. The van der Waals surface area contributed by atoms with Crippen LogP contribution in [-0.2, 0) is 32.6 Å². The van der Waals surface area contributed by atoms with Gasteiger partial charge in [0, 0.05) is 61.8 Å². The third-order valence-corrected chi connectivity index (χ3v) is 10.3. The second kappa shape index (κ2) is 18.7. The van der Waals surface area contributed by atoms with Crippen LogP contribution in [0.15, 0.2) is 128 Å². The van der Waals surface area contributed by atoms with Crippen molar-refractivity contribution in [1.82, 2.24) is 34.8 Å². The highest BCUT2D eigenvalue weighted by molar-refractivity contribution is 5.85. The van der Waals surface area contributed by atoms with Gasteiger partial charge in [0.25, 0.3) is 0 Å². The molecule has 0 spiro atoms. The lowest BCUT2D eigenvalue weighted by Gasteiger charge is -2.23. The maximum atomic E-state index is 12.9. The van der Waals surface area contributed by atoms with Crippen molar-refractivity contribution >= 4 is 22.1 Å². The molecule has 300 valence electrons. The van der Waals surface area contributed by atoms with E-state index in [0.29, 0.717) is 61.0 Å². The zero-order chi connectivity index (χ0) is 40.4. The normalized spacial score (nSPS) is 11.6. The van der Waals surface area contributed by atoms with Crippen molar-refractivity contribution < 1.29 is 18.7 Å². The number of aromatic nitrogens is 6. The monoisotopic (exact) mass is 791 g/mol. The number of rotatable bonds is 19. The lowest BCUT2D eigenvalue weighted by molar-refractivity contribution is 0.238. The molecule has 5 heterocycles. The number of pyridine rings is 2. The predicted molar refractivity (Wildman–Crippen MR) is 223 cm³/mol. The quantitative estimate of drug-likeness (QED) is 0.0477. The summed E-state index contributed by atoms with van der Waals surface area (Å²) in [5.41, 5.74) is 5.61. The molecule has 4 aromatic heterocycles. The zero-order valence-corrected chi connectivity index (χ0v) is 32.7. The van der Waals surface area contributed by atoms with E-state index in [2.05, 4.69) is 30.2 Å². The van der Waals surface area contributed by atoms with Crippen LogP contribution in [0.5, 0.6) is 11.5 Å². The van der Waals surface area contributed by atoms with Crippen LogP contribution >= 0.6 is 0 Å². The third kappa shape index (κ3) is 10.2. The summed E-state index contributed by atoms with van der Waals surface area (Å²) in [6.07, 6.45) is 13.9. The first kappa shape index (κ1) is 39.1. The minimum atomic E-state index is -0.498. The van der Waals surface area contributed by atoms with Gasteiger partial charge in [-0.1, -0.05) is 49.5 Å². The molecule has 2 aromatic carbocycles. The van der Waals surface area contributed by atoms with Crippen LogP contribution < -0.4 is 15.8 Å². The lowest BCUT2D eigenvalue weighted by Crippen LogP contribution is -2.24. The van der Waals surface area contributed by atoms with Gasteiger partial charge in [0.15, 0.2) is 16.8 Å². The second-order valence-electron chi connectivity index (χ2n) is 14.8. The molecule has 59 heavy (non-hydrogen) atoms. The number of hydrogen-bond donors (Lipinski definition) is 1. The van der Waals surface area contributed by atoms with Crippen molar-refractivity contribution in [2.45, 2.75) is 77.5 Å². The molecule has 8 rings (SSSR count). The molecule has 0 saturated carbocycles. The van der Waals surface area contributed by atoms with E-state index in [1.807, 2.05) is 60.8 Å². The maximum absolute atomic E-state index is 12.9. The van der Waals surface area contributed by atoms with E-state index in [-0.39, 0.29) is 11.2 Å². The van der Waals surface area contributed by atoms with Gasteiger partial charge in [0.05, 0.1) is 35.8 Å². The molecule has 6 aromatic rings. The van der Waals surface area contributed by atoms with Gasteiger partial charge in [0.2, 0.25) is 0 Å². The number of unbranched alkanes of at least 4 members (excludes halogenated alkanes) is 6. The summed E-state index contributed by atoms with van der Waals surface area (Å²) in [7, 11) is 0. The van der Waals surface area contributed by atoms with Crippen molar-refractivity contribution in [3.8, 4) is 23.0 Å². The van der Waals surface area contributed by atoms with Gasteiger partial charge in [-0.15, -0.1) is 5.10 Å². The second-order valence-corrected chi connectivity index (χ2v) is 14.8. The topological polar surface area (TPSA) is 162 Å². The molecule has 0 bridgehead atoms. The Morgan fingerprint density at radius 2 is 1.49 bits per heavy atom. The summed E-state index contributed by atoms with van der Waals surface area (Å²) in [4.78, 5) is 40.3. The van der Waals surface area contributed by atoms with Crippen molar-refractivity contribution in [3.05, 3.63) is 158 Å². The van der Waals surface area contributed by atoms with Crippen molar-refractivity contribution in [1.29, 1.82) is 0 Å². The average molecular weight is 792 g/mol. The molecule has 0 atom stereocenters. The van der Waals surface area contributed by atoms with E-state index in [9.17, 15) is 14.7 Å². The average Bonchev–Trinajstić information content (AvgIpc) is 3.69. The Bertz CT molecular complexity index is 2670. The molecule has 13 nitrogen and oxygen atoms in total. The number of aryl methyl sites for hydroxylation is 1. The van der Waals surface area contributed by atoms with Crippen molar-refractivity contribution in [2.75, 3.05) is 6.61 Å². The van der Waals surface area contributed by atoms with Crippen LogP contribution in [0.3, 0.4) is 0 Å². The number of nitrogens with zero attached hydrogens (tertiary/aromatic N) is 7. The Labute approximate surface area is 340 Å². The summed E-state index contributed by atoms with van der Waals surface area (Å²) in [6.45, 7) is 2.27. The molecule has 13 heteroatoms. The van der Waals surface area contributed by atoms with E-state index in [1.54, 1.807) is 35.3 Å². The number of fused-ring (bicyclic) bond motifs is 3. The number of aromatic hydroxyl groups is 1. The maximum Gasteiger partial charge on any atom is 0.336 e. The van der Waals surface area contributed by atoms with Gasteiger partial charge in [0.1, 0.15) is 28.3 Å². The minimum absolute atomic E-state index is 0.0469. The van der Waals surface area contributed by atoms with Crippen LogP contribution in [0.2, 0.25) is 0 Å². The fourth-order valence-electron chi connectivity index (χ4n) is 7.32. The fourth-order valence-corrected chi connectivity index (χ4v) is 7.32. The molecule has 0 radical (unpaired) electrons. The third-order valence-electron chi connectivity index (χ3n) is 10.3. The first-order valence-electron chi connectivity index (χ1n) is 20.1. The Morgan fingerprint density at radius 3 is 2.25 bits per heavy atom. The first-order valence-corrected chi connectivity index (χ1v) is 20.1. The largest absolute Gasteiger partial charge is 0.507 e. The number of phenolic OH excluding ortho intramolecular Hbond substituents is 1. The van der Waals surface area contributed by atoms with Gasteiger partial charge in [-0.05, 0) is 85.5 Å². The molecule has 0 unspecified atom stereocenters. The van der Waals surface area contributed by atoms with Crippen molar-refractivity contribution in [3.63, 3.8) is 0 Å². The van der Waals surface area contributed by atoms with E-state index < -0.39 is 5.63 Å². The van der Waals surface area contributed by atoms with Crippen LogP contribution in [0.4, 0.5) is 0 Å². The first-order chi connectivity index (χ1) is 28.9. The number of hydrogen-bond acceptors (Lipinski definition) is 12. The van der Waals surface area contributed by atoms with E-state index >= 15 is 0 Å². The highest BCUT2D eigenvalue weighted by atomic mass is 16.5. The van der Waals surface area contributed by atoms with E-state index in [1.165, 1.54) is 18.2 Å². The SMILES string of the molecule is O=c1ccc2nc3ccc(OCCCCCCCCCc4cn(Cc5cc(=O)oc6c(CN(Cc7ccccn7)Cc7ccccn7)c(O)ccc56)nn4)cc3oc-2c1. The van der Waals surface area contributed by atoms with Crippen LogP contribution in [0.1, 0.15) is 73.2 Å². The molecule has 1 N–H and O–H groups in total. The Balaban J connectivity index is 0.799. The van der Waals surface area contributed by atoms with Crippen molar-refractivity contribution in [2.24, 2.45) is 0 Å². The van der Waals surface area contributed by atoms with Gasteiger partial charge in [-0.25, -0.2) is 14.5 Å². The van der Waals surface area contributed by atoms with E-state index in [4.69, 9.17) is 13.6 Å². The molecular weight excluding hydrogens is 747 g/mol. The smallest absolute Gasteiger partial charge is 0.336 e. The Hall–Kier alpha value is -6.73. The molecule has 2 aliphatic rings. The molecular formula is C46H45N7O6. The van der Waals surface area contributed by atoms with Crippen LogP contribution in [0.25, 0.3) is 33.5 Å². The number of phenols is 1. The molecule has 0 saturated heterocycles. The van der Waals surface area contributed by atoms with Gasteiger partial charge in [-0.3, -0.25) is 19.7 Å².